The second-order valence-corrected chi connectivity index (χ2v) is 8.43. The first-order valence-corrected chi connectivity index (χ1v) is 10.9. The number of carbonyl (C=O) groups is 1. The summed E-state index contributed by atoms with van der Waals surface area (Å²) in [5, 5.41) is 0.704. The third-order valence-electron chi connectivity index (χ3n) is 4.70. The molecule has 2 rings (SSSR count). The molecule has 0 fully saturated rings. The van der Waals surface area contributed by atoms with Crippen molar-refractivity contribution in [2.75, 3.05) is 23.8 Å². The van der Waals surface area contributed by atoms with Crippen molar-refractivity contribution in [2.45, 2.75) is 46.6 Å². The van der Waals surface area contributed by atoms with Crippen LogP contribution < -0.4 is 26.6 Å². The highest BCUT2D eigenvalue weighted by molar-refractivity contribution is 6.35. The van der Waals surface area contributed by atoms with Crippen molar-refractivity contribution >= 4 is 40.6 Å². The standard InChI is InChI=1S/C21H28Cl2N4O4/c1-4-5-9-27-19(24)18(20(29)25-21(27)30)26(10-8-13(2)3)17(28)12-31-16-7-6-14(22)11-15(16)23/h6-7,11,13H,4-5,8-10,12,24H2,1-3H3,(H,25,29,30). The monoisotopic (exact) mass is 470 g/mol. The van der Waals surface area contributed by atoms with Gasteiger partial charge in [0, 0.05) is 18.1 Å². The number of unbranched alkanes of at least 4 members (excludes halogenated alkanes) is 1. The van der Waals surface area contributed by atoms with E-state index in [1.807, 2.05) is 20.8 Å². The zero-order valence-electron chi connectivity index (χ0n) is 17.9. The first-order chi connectivity index (χ1) is 14.6. The maximum Gasteiger partial charge on any atom is 0.330 e. The van der Waals surface area contributed by atoms with E-state index in [-0.39, 0.29) is 41.3 Å². The molecular formula is C21H28Cl2N4O4. The fourth-order valence-corrected chi connectivity index (χ4v) is 3.40. The van der Waals surface area contributed by atoms with Gasteiger partial charge in [-0.25, -0.2) is 4.79 Å². The number of nitrogen functional groups attached to an aromatic ring is 1. The van der Waals surface area contributed by atoms with Gasteiger partial charge in [-0.1, -0.05) is 50.4 Å². The normalized spacial score (nSPS) is 11.0. The fraction of sp³-hybridized carbons (Fsp3) is 0.476. The molecule has 3 N–H and O–H groups in total. The third-order valence-corrected chi connectivity index (χ3v) is 5.23. The van der Waals surface area contributed by atoms with Crippen LogP contribution in [0.25, 0.3) is 0 Å². The van der Waals surface area contributed by atoms with E-state index in [9.17, 15) is 14.4 Å². The maximum absolute atomic E-state index is 13.1. The Hall–Kier alpha value is -2.45. The topological polar surface area (TPSA) is 110 Å². The number of hydrogen-bond acceptors (Lipinski definition) is 5. The highest BCUT2D eigenvalue weighted by atomic mass is 35.5. The van der Waals surface area contributed by atoms with Crippen LogP contribution in [-0.2, 0) is 11.3 Å². The van der Waals surface area contributed by atoms with Crippen LogP contribution in [0.2, 0.25) is 10.0 Å². The van der Waals surface area contributed by atoms with Crippen molar-refractivity contribution < 1.29 is 9.53 Å². The van der Waals surface area contributed by atoms with Gasteiger partial charge in [-0.2, -0.15) is 0 Å². The number of rotatable bonds is 10. The number of amides is 1. The molecule has 2 aromatic rings. The molecule has 170 valence electrons. The molecule has 0 aliphatic carbocycles. The van der Waals surface area contributed by atoms with Crippen molar-refractivity contribution in [3.05, 3.63) is 49.1 Å². The van der Waals surface area contributed by atoms with E-state index in [1.54, 1.807) is 12.1 Å². The van der Waals surface area contributed by atoms with Gasteiger partial charge in [0.15, 0.2) is 12.3 Å². The SMILES string of the molecule is CCCCn1c(N)c(N(CCC(C)C)C(=O)COc2ccc(Cl)cc2Cl)c(=O)[nH]c1=O. The van der Waals surface area contributed by atoms with Gasteiger partial charge in [0.1, 0.15) is 11.6 Å². The Morgan fingerprint density at radius 2 is 2.00 bits per heavy atom. The largest absolute Gasteiger partial charge is 0.482 e. The van der Waals surface area contributed by atoms with Crippen molar-refractivity contribution in [1.82, 2.24) is 9.55 Å². The Morgan fingerprint density at radius 1 is 1.29 bits per heavy atom. The van der Waals surface area contributed by atoms with E-state index in [0.29, 0.717) is 24.4 Å². The predicted molar refractivity (Wildman–Crippen MR) is 124 cm³/mol. The number of halogens is 2. The summed E-state index contributed by atoms with van der Waals surface area (Å²) < 4.78 is 6.84. The minimum atomic E-state index is -0.711. The summed E-state index contributed by atoms with van der Waals surface area (Å²) in [6, 6.07) is 4.66. The van der Waals surface area contributed by atoms with Crippen LogP contribution >= 0.6 is 23.2 Å². The third kappa shape index (κ3) is 6.51. The van der Waals surface area contributed by atoms with E-state index in [0.717, 1.165) is 6.42 Å². The molecule has 1 aromatic carbocycles. The van der Waals surface area contributed by atoms with Crippen LogP contribution in [0.1, 0.15) is 40.0 Å². The van der Waals surface area contributed by atoms with Crippen LogP contribution in [0.3, 0.4) is 0 Å². The summed E-state index contributed by atoms with van der Waals surface area (Å²) in [5.41, 5.74) is 4.83. The molecule has 0 spiro atoms. The molecule has 8 nitrogen and oxygen atoms in total. The van der Waals surface area contributed by atoms with Crippen LogP contribution in [0, 0.1) is 5.92 Å². The fourth-order valence-electron chi connectivity index (χ4n) is 2.93. The van der Waals surface area contributed by atoms with Crippen molar-refractivity contribution in [1.29, 1.82) is 0 Å². The highest BCUT2D eigenvalue weighted by Crippen LogP contribution is 2.28. The Balaban J connectivity index is 2.38. The van der Waals surface area contributed by atoms with Crippen molar-refractivity contribution in [2.24, 2.45) is 5.92 Å². The number of aromatic amines is 1. The van der Waals surface area contributed by atoms with Crippen molar-refractivity contribution in [3.63, 3.8) is 0 Å². The number of carbonyl (C=O) groups excluding carboxylic acids is 1. The van der Waals surface area contributed by atoms with E-state index in [2.05, 4.69) is 4.98 Å². The number of nitrogens with two attached hydrogens (primary N) is 1. The molecular weight excluding hydrogens is 443 g/mol. The molecule has 0 aliphatic rings. The number of H-pyrrole nitrogens is 1. The quantitative estimate of drug-likeness (QED) is 0.549. The van der Waals surface area contributed by atoms with E-state index in [4.69, 9.17) is 33.7 Å². The molecule has 31 heavy (non-hydrogen) atoms. The first-order valence-electron chi connectivity index (χ1n) is 10.2. The first kappa shape index (κ1) is 24.8. The average molecular weight is 471 g/mol. The molecule has 1 heterocycles. The Bertz CT molecular complexity index is 1030. The zero-order valence-corrected chi connectivity index (χ0v) is 19.4. The summed E-state index contributed by atoms with van der Waals surface area (Å²) in [7, 11) is 0. The number of anilines is 2. The summed E-state index contributed by atoms with van der Waals surface area (Å²) in [6.45, 7) is 6.20. The predicted octanol–water partition coefficient (Wildman–Crippen LogP) is 3.68. The highest BCUT2D eigenvalue weighted by Gasteiger charge is 2.25. The second kappa shape index (κ2) is 11.2. The van der Waals surface area contributed by atoms with E-state index < -0.39 is 17.2 Å². The molecule has 0 atom stereocenters. The maximum atomic E-state index is 13.1. The number of nitrogens with zero attached hydrogens (tertiary/aromatic N) is 2. The van der Waals surface area contributed by atoms with Crippen LogP contribution in [0.5, 0.6) is 5.75 Å². The van der Waals surface area contributed by atoms with Gasteiger partial charge in [-0.15, -0.1) is 0 Å². The van der Waals surface area contributed by atoms with Gasteiger partial charge in [-0.3, -0.25) is 19.1 Å². The molecule has 0 aliphatic heterocycles. The summed E-state index contributed by atoms with van der Waals surface area (Å²) in [6.07, 6.45) is 2.17. The molecule has 0 bridgehead atoms. The second-order valence-electron chi connectivity index (χ2n) is 7.59. The lowest BCUT2D eigenvalue weighted by molar-refractivity contribution is -0.120. The van der Waals surface area contributed by atoms with Crippen LogP contribution in [0.4, 0.5) is 11.5 Å². The lowest BCUT2D eigenvalue weighted by atomic mass is 10.1. The number of nitrogens with one attached hydrogen (secondary N) is 1. The van der Waals surface area contributed by atoms with Crippen LogP contribution in [-0.4, -0.2) is 28.6 Å². The minimum absolute atomic E-state index is 0.0381. The molecule has 0 saturated carbocycles. The van der Waals surface area contributed by atoms with Crippen LogP contribution in [0.15, 0.2) is 27.8 Å². The Kier molecular flexibility index (Phi) is 9.00. The minimum Gasteiger partial charge on any atom is -0.482 e. The number of ether oxygens (including phenoxy) is 1. The zero-order chi connectivity index (χ0) is 23.1. The summed E-state index contributed by atoms with van der Waals surface area (Å²) >= 11 is 12.0. The van der Waals surface area contributed by atoms with Gasteiger partial charge in [0.05, 0.1) is 5.02 Å². The van der Waals surface area contributed by atoms with Crippen molar-refractivity contribution in [3.8, 4) is 5.75 Å². The molecule has 0 radical (unpaired) electrons. The van der Waals surface area contributed by atoms with Gasteiger partial charge in [0.25, 0.3) is 11.5 Å². The lowest BCUT2D eigenvalue weighted by Crippen LogP contribution is -2.43. The number of hydrogen-bond donors (Lipinski definition) is 2. The lowest BCUT2D eigenvalue weighted by Gasteiger charge is -2.25. The van der Waals surface area contributed by atoms with Gasteiger partial charge < -0.3 is 15.4 Å². The number of aromatic nitrogens is 2. The summed E-state index contributed by atoms with van der Waals surface area (Å²) in [5.74, 6) is 0.0413. The molecule has 0 saturated heterocycles. The number of benzene rings is 1. The molecule has 1 amide bonds. The Morgan fingerprint density at radius 3 is 2.61 bits per heavy atom. The average Bonchev–Trinajstić information content (AvgIpc) is 2.69. The Labute approximate surface area is 190 Å². The smallest absolute Gasteiger partial charge is 0.330 e. The molecule has 10 heteroatoms. The molecule has 1 aromatic heterocycles. The van der Waals surface area contributed by atoms with E-state index >= 15 is 0 Å². The van der Waals surface area contributed by atoms with Gasteiger partial charge >= 0.3 is 5.69 Å². The van der Waals surface area contributed by atoms with Gasteiger partial charge in [0.2, 0.25) is 0 Å². The van der Waals surface area contributed by atoms with Gasteiger partial charge in [-0.05, 0) is 37.0 Å². The molecule has 0 unspecified atom stereocenters. The van der Waals surface area contributed by atoms with E-state index in [1.165, 1.54) is 15.5 Å². The summed E-state index contributed by atoms with van der Waals surface area (Å²) in [4.78, 5) is 41.5.